The maximum Gasteiger partial charge on any atom is 0.160 e. The molecule has 4 rings (SSSR count). The summed E-state index contributed by atoms with van der Waals surface area (Å²) in [7, 11) is 0. The second-order valence-electron chi connectivity index (χ2n) is 10.1. The molecule has 0 radical (unpaired) electrons. The second-order valence-corrected chi connectivity index (χ2v) is 10.1. The lowest BCUT2D eigenvalue weighted by Gasteiger charge is -2.38. The fourth-order valence-electron chi connectivity index (χ4n) is 5.25. The van der Waals surface area contributed by atoms with Crippen LogP contribution in [0.1, 0.15) is 68.2 Å². The highest BCUT2D eigenvalue weighted by Gasteiger charge is 2.20. The minimum atomic E-state index is 0.739. The summed E-state index contributed by atoms with van der Waals surface area (Å²) in [5, 5.41) is 0. The Kier molecular flexibility index (Phi) is 8.38. The first-order valence-corrected chi connectivity index (χ1v) is 13.4. The van der Waals surface area contributed by atoms with Crippen LogP contribution in [-0.2, 0) is 19.4 Å². The molecule has 184 valence electrons. The van der Waals surface area contributed by atoms with Crippen LogP contribution < -0.4 is 0 Å². The molecule has 1 atom stereocenters. The predicted octanol–water partition coefficient (Wildman–Crippen LogP) is 5.40. The van der Waals surface area contributed by atoms with E-state index in [1.165, 1.54) is 68.7 Å². The Morgan fingerprint density at radius 2 is 1.65 bits per heavy atom. The third kappa shape index (κ3) is 5.87. The van der Waals surface area contributed by atoms with Gasteiger partial charge in [-0.1, -0.05) is 44.5 Å². The Bertz CT molecular complexity index is 1060. The van der Waals surface area contributed by atoms with E-state index in [4.69, 9.17) is 9.97 Å². The van der Waals surface area contributed by atoms with E-state index in [2.05, 4.69) is 79.3 Å². The van der Waals surface area contributed by atoms with Gasteiger partial charge in [0.15, 0.2) is 5.65 Å². The molecule has 1 fully saturated rings. The molecule has 1 aromatic carbocycles. The maximum absolute atomic E-state index is 4.86. The van der Waals surface area contributed by atoms with Crippen molar-refractivity contribution in [1.82, 2.24) is 24.3 Å². The van der Waals surface area contributed by atoms with E-state index >= 15 is 0 Å². The second kappa shape index (κ2) is 11.5. The van der Waals surface area contributed by atoms with Gasteiger partial charge in [-0.05, 0) is 69.3 Å². The molecule has 2 aromatic heterocycles. The molecule has 1 saturated heterocycles. The van der Waals surface area contributed by atoms with Gasteiger partial charge in [0.1, 0.15) is 11.3 Å². The molecular weight excluding hydrogens is 418 g/mol. The zero-order valence-electron chi connectivity index (χ0n) is 22.0. The van der Waals surface area contributed by atoms with Crippen molar-refractivity contribution >= 4 is 11.2 Å². The van der Waals surface area contributed by atoms with Crippen molar-refractivity contribution in [2.45, 2.75) is 79.3 Å². The first-order valence-electron chi connectivity index (χ1n) is 13.4. The molecule has 1 aliphatic heterocycles. The molecule has 0 bridgehead atoms. The Morgan fingerprint density at radius 1 is 0.941 bits per heavy atom. The van der Waals surface area contributed by atoms with E-state index in [0.717, 1.165) is 48.1 Å². The van der Waals surface area contributed by atoms with Gasteiger partial charge in [0.2, 0.25) is 0 Å². The number of rotatable bonds is 10. The Hall–Kier alpha value is -2.24. The number of piperazine rings is 1. The molecule has 0 N–H and O–H groups in total. The van der Waals surface area contributed by atoms with Gasteiger partial charge in [-0.25, -0.2) is 9.97 Å². The van der Waals surface area contributed by atoms with Crippen molar-refractivity contribution in [1.29, 1.82) is 0 Å². The summed E-state index contributed by atoms with van der Waals surface area (Å²) in [6.07, 6.45) is 5.91. The van der Waals surface area contributed by atoms with Crippen molar-refractivity contribution in [3.63, 3.8) is 0 Å². The van der Waals surface area contributed by atoms with Crippen LogP contribution in [0.25, 0.3) is 11.2 Å². The summed E-state index contributed by atoms with van der Waals surface area (Å²) in [5.41, 5.74) is 7.07. The smallest absolute Gasteiger partial charge is 0.160 e. The third-order valence-electron chi connectivity index (χ3n) is 7.60. The fourth-order valence-corrected chi connectivity index (χ4v) is 5.25. The number of aromatic nitrogens is 3. The number of aryl methyl sites for hydroxylation is 4. The zero-order valence-corrected chi connectivity index (χ0v) is 22.0. The van der Waals surface area contributed by atoms with Gasteiger partial charge in [-0.15, -0.1) is 0 Å². The van der Waals surface area contributed by atoms with Crippen LogP contribution in [0, 0.1) is 13.8 Å². The highest BCUT2D eigenvalue weighted by atomic mass is 15.3. The number of benzene rings is 1. The van der Waals surface area contributed by atoms with Crippen molar-refractivity contribution in [2.75, 3.05) is 32.7 Å². The van der Waals surface area contributed by atoms with Gasteiger partial charge in [0, 0.05) is 44.3 Å². The lowest BCUT2D eigenvalue weighted by atomic mass is 10.1. The number of pyridine rings is 1. The first-order chi connectivity index (χ1) is 16.5. The Labute approximate surface area is 206 Å². The summed E-state index contributed by atoms with van der Waals surface area (Å²) in [4.78, 5) is 15.0. The maximum atomic E-state index is 4.86. The van der Waals surface area contributed by atoms with Gasteiger partial charge in [0.25, 0.3) is 0 Å². The molecule has 34 heavy (non-hydrogen) atoms. The van der Waals surface area contributed by atoms with Crippen LogP contribution >= 0.6 is 0 Å². The van der Waals surface area contributed by atoms with E-state index in [0.29, 0.717) is 0 Å². The molecule has 5 heteroatoms. The van der Waals surface area contributed by atoms with E-state index in [1.807, 2.05) is 0 Å². The van der Waals surface area contributed by atoms with Crippen LogP contribution in [0.15, 0.2) is 30.3 Å². The summed E-state index contributed by atoms with van der Waals surface area (Å²) in [5.74, 6) is 1.11. The Morgan fingerprint density at radius 3 is 2.32 bits per heavy atom. The summed E-state index contributed by atoms with van der Waals surface area (Å²) in [6, 6.07) is 12.1. The highest BCUT2D eigenvalue weighted by molar-refractivity contribution is 5.73. The predicted molar refractivity (Wildman–Crippen MR) is 143 cm³/mol. The monoisotopic (exact) mass is 461 g/mol. The topological polar surface area (TPSA) is 37.2 Å². The largest absolute Gasteiger partial charge is 0.308 e. The molecule has 5 nitrogen and oxygen atoms in total. The summed E-state index contributed by atoms with van der Waals surface area (Å²) in [6.45, 7) is 18.0. The standard InChI is InChI=1S/C29H43N5/c1-6-9-23(4)33-18-16-32(17-19-33)15-8-10-25-11-13-26(14-12-25)21-34-28(7-2)31-27-20-22(3)24(5)30-29(27)34/h11-14,20,23H,6-10,15-19,21H2,1-5H3. The molecule has 0 amide bonds. The van der Waals surface area contributed by atoms with E-state index < -0.39 is 0 Å². The van der Waals surface area contributed by atoms with Crippen molar-refractivity contribution < 1.29 is 0 Å². The molecule has 3 aromatic rings. The van der Waals surface area contributed by atoms with Crippen LogP contribution in [0.3, 0.4) is 0 Å². The van der Waals surface area contributed by atoms with Gasteiger partial charge in [0.05, 0.1) is 6.54 Å². The quantitative estimate of drug-likeness (QED) is 0.405. The van der Waals surface area contributed by atoms with Crippen molar-refractivity contribution in [3.05, 3.63) is 58.5 Å². The third-order valence-corrected chi connectivity index (χ3v) is 7.60. The van der Waals surface area contributed by atoms with Crippen LogP contribution in [0.2, 0.25) is 0 Å². The molecular formula is C29H43N5. The molecule has 0 aliphatic carbocycles. The average Bonchev–Trinajstić information content (AvgIpc) is 3.17. The number of hydrogen-bond donors (Lipinski definition) is 0. The lowest BCUT2D eigenvalue weighted by molar-refractivity contribution is 0.0978. The molecule has 1 aliphatic rings. The van der Waals surface area contributed by atoms with Gasteiger partial charge < -0.3 is 9.47 Å². The van der Waals surface area contributed by atoms with E-state index in [-0.39, 0.29) is 0 Å². The first kappa shape index (κ1) is 24.9. The number of hydrogen-bond acceptors (Lipinski definition) is 4. The van der Waals surface area contributed by atoms with E-state index in [1.54, 1.807) is 0 Å². The van der Waals surface area contributed by atoms with Crippen LogP contribution in [-0.4, -0.2) is 63.1 Å². The van der Waals surface area contributed by atoms with Gasteiger partial charge in [-0.3, -0.25) is 4.90 Å². The zero-order chi connectivity index (χ0) is 24.1. The average molecular weight is 462 g/mol. The summed E-state index contributed by atoms with van der Waals surface area (Å²) >= 11 is 0. The highest BCUT2D eigenvalue weighted by Crippen LogP contribution is 2.20. The van der Waals surface area contributed by atoms with Crippen LogP contribution in [0.4, 0.5) is 0 Å². The van der Waals surface area contributed by atoms with Crippen LogP contribution in [0.5, 0.6) is 0 Å². The minimum Gasteiger partial charge on any atom is -0.308 e. The molecule has 0 saturated carbocycles. The van der Waals surface area contributed by atoms with Gasteiger partial charge >= 0.3 is 0 Å². The number of fused-ring (bicyclic) bond motifs is 1. The lowest BCUT2D eigenvalue weighted by Crippen LogP contribution is -2.49. The van der Waals surface area contributed by atoms with E-state index in [9.17, 15) is 0 Å². The minimum absolute atomic E-state index is 0.739. The molecule has 0 spiro atoms. The number of imidazole rings is 1. The molecule has 1 unspecified atom stereocenters. The SMILES string of the molecule is CCCC(C)N1CCN(CCCc2ccc(Cn3c(CC)nc4cc(C)c(C)nc43)cc2)CC1. The Balaban J connectivity index is 1.29. The van der Waals surface area contributed by atoms with Gasteiger partial charge in [-0.2, -0.15) is 0 Å². The normalized spacial score (nSPS) is 16.4. The fraction of sp³-hybridized carbons (Fsp3) is 0.586. The van der Waals surface area contributed by atoms with Crippen molar-refractivity contribution in [3.8, 4) is 0 Å². The summed E-state index contributed by atoms with van der Waals surface area (Å²) < 4.78 is 2.29. The number of nitrogens with zero attached hydrogens (tertiary/aromatic N) is 5. The van der Waals surface area contributed by atoms with Crippen molar-refractivity contribution in [2.24, 2.45) is 0 Å². The molecule has 3 heterocycles.